The number of hydrogen-bond donors (Lipinski definition) is 1. The monoisotopic (exact) mass is 230 g/mol. The molecule has 0 saturated heterocycles. The van der Waals surface area contributed by atoms with Gasteiger partial charge in [0.2, 0.25) is 0 Å². The van der Waals surface area contributed by atoms with Crippen LogP contribution in [0.1, 0.15) is 20.3 Å². The Morgan fingerprint density at radius 3 is 2.53 bits per heavy atom. The zero-order chi connectivity index (χ0) is 12.3. The lowest BCUT2D eigenvalue weighted by atomic mass is 10.1. The first-order valence-electron chi connectivity index (χ1n) is 5.89. The van der Waals surface area contributed by atoms with E-state index < -0.39 is 5.60 Å². The molecule has 90 valence electrons. The van der Waals surface area contributed by atoms with Gasteiger partial charge in [-0.2, -0.15) is 0 Å². The summed E-state index contributed by atoms with van der Waals surface area (Å²) in [6.45, 7) is 4.11. The van der Waals surface area contributed by atoms with E-state index >= 15 is 0 Å². The summed E-state index contributed by atoms with van der Waals surface area (Å²) in [7, 11) is 0. The molecule has 0 fully saturated rings. The first-order chi connectivity index (χ1) is 8.06. The normalized spacial score (nSPS) is 11.7. The van der Waals surface area contributed by atoms with Gasteiger partial charge < -0.3 is 9.84 Å². The minimum atomic E-state index is -0.676. The second-order valence-electron chi connectivity index (χ2n) is 4.89. The lowest BCUT2D eigenvalue weighted by Crippen LogP contribution is -2.21. The molecule has 2 aromatic rings. The van der Waals surface area contributed by atoms with Crippen LogP contribution < -0.4 is 4.74 Å². The summed E-state index contributed by atoms with van der Waals surface area (Å²) < 4.78 is 5.74. The van der Waals surface area contributed by atoms with Crippen molar-refractivity contribution in [3.05, 3.63) is 42.5 Å². The highest BCUT2D eigenvalue weighted by Gasteiger charge is 2.12. The molecule has 0 aliphatic carbocycles. The fraction of sp³-hybridized carbons (Fsp3) is 0.333. The van der Waals surface area contributed by atoms with E-state index in [0.29, 0.717) is 13.0 Å². The number of ether oxygens (including phenoxy) is 1. The molecule has 2 heteroatoms. The van der Waals surface area contributed by atoms with Gasteiger partial charge in [0.15, 0.2) is 0 Å². The molecule has 1 N–H and O–H groups in total. The van der Waals surface area contributed by atoms with Crippen LogP contribution in [0.4, 0.5) is 0 Å². The first kappa shape index (κ1) is 11.9. The number of hydrogen-bond acceptors (Lipinski definition) is 2. The molecule has 0 amide bonds. The predicted octanol–water partition coefficient (Wildman–Crippen LogP) is 3.38. The highest BCUT2D eigenvalue weighted by Crippen LogP contribution is 2.25. The Hall–Kier alpha value is -1.54. The Labute approximate surface area is 102 Å². The molecule has 0 spiro atoms. The summed E-state index contributed by atoms with van der Waals surface area (Å²) in [5.74, 6) is 0.882. The van der Waals surface area contributed by atoms with Crippen LogP contribution in [0.15, 0.2) is 42.5 Å². The van der Waals surface area contributed by atoms with E-state index in [1.165, 1.54) is 5.39 Å². The van der Waals surface area contributed by atoms with Crippen LogP contribution in [0, 0.1) is 0 Å². The van der Waals surface area contributed by atoms with E-state index in [0.717, 1.165) is 11.1 Å². The van der Waals surface area contributed by atoms with Crippen LogP contribution in [0.3, 0.4) is 0 Å². The molecule has 0 aliphatic rings. The number of aliphatic hydroxyl groups is 1. The summed E-state index contributed by atoms with van der Waals surface area (Å²) in [5.41, 5.74) is -0.676. The third kappa shape index (κ3) is 3.21. The Morgan fingerprint density at radius 1 is 1.06 bits per heavy atom. The fourth-order valence-electron chi connectivity index (χ4n) is 1.73. The van der Waals surface area contributed by atoms with Crippen molar-refractivity contribution in [1.82, 2.24) is 0 Å². The molecular formula is C15H18O2. The summed E-state index contributed by atoms with van der Waals surface area (Å²) in [5, 5.41) is 11.9. The zero-order valence-electron chi connectivity index (χ0n) is 10.3. The largest absolute Gasteiger partial charge is 0.493 e. The molecule has 0 radical (unpaired) electrons. The Balaban J connectivity index is 2.13. The molecule has 17 heavy (non-hydrogen) atoms. The maximum atomic E-state index is 9.63. The SMILES string of the molecule is CC(C)(O)CCOc1cccc2ccccc12. The molecular weight excluding hydrogens is 212 g/mol. The van der Waals surface area contributed by atoms with Crippen molar-refractivity contribution in [3.8, 4) is 5.75 Å². The smallest absolute Gasteiger partial charge is 0.127 e. The number of fused-ring (bicyclic) bond motifs is 1. The maximum absolute atomic E-state index is 9.63. The zero-order valence-corrected chi connectivity index (χ0v) is 10.3. The lowest BCUT2D eigenvalue weighted by molar-refractivity contribution is 0.0555. The van der Waals surface area contributed by atoms with E-state index in [1.807, 2.05) is 24.3 Å². The molecule has 2 aromatic carbocycles. The van der Waals surface area contributed by atoms with Crippen LogP contribution in [-0.2, 0) is 0 Å². The van der Waals surface area contributed by atoms with Gasteiger partial charge in [-0.1, -0.05) is 36.4 Å². The molecule has 0 saturated carbocycles. The van der Waals surface area contributed by atoms with Crippen molar-refractivity contribution < 1.29 is 9.84 Å². The van der Waals surface area contributed by atoms with Crippen molar-refractivity contribution in [1.29, 1.82) is 0 Å². The van der Waals surface area contributed by atoms with E-state index in [9.17, 15) is 5.11 Å². The average molecular weight is 230 g/mol. The highest BCUT2D eigenvalue weighted by atomic mass is 16.5. The standard InChI is InChI=1S/C15H18O2/c1-15(2,16)10-11-17-14-9-5-7-12-6-3-4-8-13(12)14/h3-9,16H,10-11H2,1-2H3. The quantitative estimate of drug-likeness (QED) is 0.872. The third-order valence-corrected chi connectivity index (χ3v) is 2.72. The van der Waals surface area contributed by atoms with Gasteiger partial charge in [0.05, 0.1) is 12.2 Å². The summed E-state index contributed by atoms with van der Waals surface area (Å²) in [4.78, 5) is 0. The Kier molecular flexibility index (Phi) is 3.34. The van der Waals surface area contributed by atoms with Crippen LogP contribution in [0.25, 0.3) is 10.8 Å². The molecule has 0 bridgehead atoms. The minimum absolute atomic E-state index is 0.525. The van der Waals surface area contributed by atoms with Crippen molar-refractivity contribution in [3.63, 3.8) is 0 Å². The lowest BCUT2D eigenvalue weighted by Gasteiger charge is -2.17. The van der Waals surface area contributed by atoms with Gasteiger partial charge in [-0.05, 0) is 25.3 Å². The van der Waals surface area contributed by atoms with Crippen LogP contribution in [-0.4, -0.2) is 17.3 Å². The Bertz CT molecular complexity index is 492. The third-order valence-electron chi connectivity index (χ3n) is 2.72. The summed E-state index contributed by atoms with van der Waals surface area (Å²) >= 11 is 0. The molecule has 0 heterocycles. The summed E-state index contributed by atoms with van der Waals surface area (Å²) in [6.07, 6.45) is 0.621. The molecule has 0 aromatic heterocycles. The van der Waals surface area contributed by atoms with Crippen molar-refractivity contribution in [2.24, 2.45) is 0 Å². The molecule has 2 nitrogen and oxygen atoms in total. The molecule has 0 unspecified atom stereocenters. The average Bonchev–Trinajstić information content (AvgIpc) is 2.28. The maximum Gasteiger partial charge on any atom is 0.127 e. The molecule has 0 atom stereocenters. The minimum Gasteiger partial charge on any atom is -0.493 e. The van der Waals surface area contributed by atoms with Gasteiger partial charge in [0.1, 0.15) is 5.75 Å². The van der Waals surface area contributed by atoms with Gasteiger partial charge in [0.25, 0.3) is 0 Å². The van der Waals surface area contributed by atoms with E-state index in [2.05, 4.69) is 18.2 Å². The van der Waals surface area contributed by atoms with Crippen molar-refractivity contribution in [2.45, 2.75) is 25.9 Å². The predicted molar refractivity (Wildman–Crippen MR) is 70.4 cm³/mol. The first-order valence-corrected chi connectivity index (χ1v) is 5.89. The molecule has 0 aliphatic heterocycles. The van der Waals surface area contributed by atoms with Gasteiger partial charge in [-0.25, -0.2) is 0 Å². The van der Waals surface area contributed by atoms with Crippen molar-refractivity contribution >= 4 is 10.8 Å². The van der Waals surface area contributed by atoms with Gasteiger partial charge in [-0.3, -0.25) is 0 Å². The van der Waals surface area contributed by atoms with Crippen LogP contribution in [0.5, 0.6) is 5.75 Å². The van der Waals surface area contributed by atoms with Gasteiger partial charge in [-0.15, -0.1) is 0 Å². The van der Waals surface area contributed by atoms with Crippen molar-refractivity contribution in [2.75, 3.05) is 6.61 Å². The highest BCUT2D eigenvalue weighted by molar-refractivity contribution is 5.88. The number of rotatable bonds is 4. The van der Waals surface area contributed by atoms with E-state index in [-0.39, 0.29) is 0 Å². The molecule has 2 rings (SSSR count). The second kappa shape index (κ2) is 4.76. The summed E-state index contributed by atoms with van der Waals surface area (Å²) in [6, 6.07) is 14.2. The Morgan fingerprint density at radius 2 is 1.76 bits per heavy atom. The van der Waals surface area contributed by atoms with E-state index in [4.69, 9.17) is 4.74 Å². The van der Waals surface area contributed by atoms with Gasteiger partial charge in [0, 0.05) is 11.8 Å². The van der Waals surface area contributed by atoms with E-state index in [1.54, 1.807) is 13.8 Å². The van der Waals surface area contributed by atoms with Crippen LogP contribution in [0.2, 0.25) is 0 Å². The number of benzene rings is 2. The fourth-order valence-corrected chi connectivity index (χ4v) is 1.73. The topological polar surface area (TPSA) is 29.5 Å². The van der Waals surface area contributed by atoms with Crippen LogP contribution >= 0.6 is 0 Å². The second-order valence-corrected chi connectivity index (χ2v) is 4.89. The van der Waals surface area contributed by atoms with Gasteiger partial charge >= 0.3 is 0 Å².